The van der Waals surface area contributed by atoms with E-state index in [9.17, 15) is 9.59 Å². The molecule has 0 fully saturated rings. The first-order valence-corrected chi connectivity index (χ1v) is 7.21. The van der Waals surface area contributed by atoms with E-state index in [1.807, 2.05) is 24.5 Å². The van der Waals surface area contributed by atoms with Crippen molar-refractivity contribution >= 4 is 35.1 Å². The minimum absolute atomic E-state index is 0.0113. The molecule has 21 heavy (non-hydrogen) atoms. The van der Waals surface area contributed by atoms with Gasteiger partial charge < -0.3 is 15.7 Å². The molecule has 1 aromatic heterocycles. The van der Waals surface area contributed by atoms with Crippen LogP contribution in [0.5, 0.6) is 0 Å². The Hall–Kier alpha value is -2.54. The van der Waals surface area contributed by atoms with E-state index in [2.05, 4.69) is 15.6 Å². The van der Waals surface area contributed by atoms with Crippen molar-refractivity contribution in [2.75, 3.05) is 16.9 Å². The number of thioether (sulfide) groups is 1. The second kappa shape index (κ2) is 6.76. The number of carboxylic acid groups (broad SMARTS) is 1. The number of carbonyl (C=O) groups excluding carboxylic acids is 1. The maximum Gasteiger partial charge on any atom is 0.337 e. The third kappa shape index (κ3) is 4.22. The van der Waals surface area contributed by atoms with Gasteiger partial charge in [0.25, 0.3) is 0 Å². The average molecular weight is 303 g/mol. The lowest BCUT2D eigenvalue weighted by molar-refractivity contribution is 0.0696. The number of pyridine rings is 1. The number of aromatic nitrogens is 1. The normalized spacial score (nSPS) is 9.95. The molecule has 108 valence electrons. The Bertz CT molecular complexity index is 676. The molecule has 6 nitrogen and oxygen atoms in total. The molecule has 0 atom stereocenters. The van der Waals surface area contributed by atoms with Gasteiger partial charge in [-0.3, -0.25) is 4.98 Å². The summed E-state index contributed by atoms with van der Waals surface area (Å²) in [5.41, 5.74) is 0.979. The van der Waals surface area contributed by atoms with Crippen LogP contribution in [0.25, 0.3) is 0 Å². The Labute approximate surface area is 125 Å². The van der Waals surface area contributed by atoms with Crippen molar-refractivity contribution in [3.05, 3.63) is 48.3 Å². The first-order chi connectivity index (χ1) is 10.1. The van der Waals surface area contributed by atoms with Gasteiger partial charge in [-0.1, -0.05) is 6.07 Å². The van der Waals surface area contributed by atoms with Crippen molar-refractivity contribution in [3.8, 4) is 0 Å². The van der Waals surface area contributed by atoms with Gasteiger partial charge in [0.15, 0.2) is 0 Å². The molecule has 1 heterocycles. The van der Waals surface area contributed by atoms with Crippen molar-refractivity contribution in [1.29, 1.82) is 0 Å². The van der Waals surface area contributed by atoms with E-state index in [1.54, 1.807) is 17.8 Å². The predicted octanol–water partition coefficient (Wildman–Crippen LogP) is 3.15. The SMILES string of the molecule is CSc1cccc(NC(=O)Nc2cncc(C(=O)O)c2)c1. The summed E-state index contributed by atoms with van der Waals surface area (Å²) in [6.07, 6.45) is 4.54. The van der Waals surface area contributed by atoms with Gasteiger partial charge in [0, 0.05) is 16.8 Å². The molecule has 3 N–H and O–H groups in total. The minimum Gasteiger partial charge on any atom is -0.478 e. The van der Waals surface area contributed by atoms with Crippen LogP contribution in [-0.2, 0) is 0 Å². The fourth-order valence-corrected chi connectivity index (χ4v) is 2.08. The molecule has 2 amide bonds. The van der Waals surface area contributed by atoms with E-state index >= 15 is 0 Å². The first-order valence-electron chi connectivity index (χ1n) is 5.99. The molecule has 0 unspecified atom stereocenters. The zero-order valence-corrected chi connectivity index (χ0v) is 12.0. The van der Waals surface area contributed by atoms with Gasteiger partial charge in [-0.05, 0) is 30.5 Å². The quantitative estimate of drug-likeness (QED) is 0.755. The molecular weight excluding hydrogens is 290 g/mol. The van der Waals surface area contributed by atoms with Crippen LogP contribution in [-0.4, -0.2) is 28.3 Å². The van der Waals surface area contributed by atoms with Gasteiger partial charge in [-0.25, -0.2) is 9.59 Å². The van der Waals surface area contributed by atoms with E-state index in [1.165, 1.54) is 18.5 Å². The first kappa shape index (κ1) is 14.9. The number of carbonyl (C=O) groups is 2. The molecule has 0 radical (unpaired) electrons. The number of hydrogen-bond acceptors (Lipinski definition) is 4. The summed E-state index contributed by atoms with van der Waals surface area (Å²) in [6.45, 7) is 0. The summed E-state index contributed by atoms with van der Waals surface area (Å²) in [5.74, 6) is -1.10. The van der Waals surface area contributed by atoms with Crippen molar-refractivity contribution in [3.63, 3.8) is 0 Å². The molecule has 0 aliphatic carbocycles. The summed E-state index contributed by atoms with van der Waals surface area (Å²) in [7, 11) is 0. The topological polar surface area (TPSA) is 91.3 Å². The zero-order chi connectivity index (χ0) is 15.2. The fourth-order valence-electron chi connectivity index (χ4n) is 1.62. The lowest BCUT2D eigenvalue weighted by Gasteiger charge is -2.08. The summed E-state index contributed by atoms with van der Waals surface area (Å²) in [6, 6.07) is 8.27. The molecule has 2 aromatic rings. The standard InChI is InChI=1S/C14H13N3O3S/c1-21-12-4-2-3-10(6-12)16-14(20)17-11-5-9(13(18)19)7-15-8-11/h2-8H,1H3,(H,18,19)(H2,16,17,20). The van der Waals surface area contributed by atoms with Crippen molar-refractivity contribution < 1.29 is 14.7 Å². The van der Waals surface area contributed by atoms with Crippen LogP contribution in [0, 0.1) is 0 Å². The molecule has 0 saturated carbocycles. The van der Waals surface area contributed by atoms with E-state index < -0.39 is 12.0 Å². The summed E-state index contributed by atoms with van der Waals surface area (Å²) < 4.78 is 0. The number of anilines is 2. The van der Waals surface area contributed by atoms with Crippen molar-refractivity contribution in [2.24, 2.45) is 0 Å². The Balaban J connectivity index is 2.04. The number of urea groups is 1. The number of rotatable bonds is 4. The number of benzene rings is 1. The molecule has 0 aliphatic rings. The third-order valence-corrected chi connectivity index (χ3v) is 3.30. The van der Waals surface area contributed by atoms with Gasteiger partial charge in [-0.2, -0.15) is 0 Å². The molecule has 0 bridgehead atoms. The largest absolute Gasteiger partial charge is 0.478 e. The predicted molar refractivity (Wildman–Crippen MR) is 82.1 cm³/mol. The smallest absolute Gasteiger partial charge is 0.337 e. The summed E-state index contributed by atoms with van der Waals surface area (Å²) in [4.78, 5) is 27.5. The van der Waals surface area contributed by atoms with E-state index in [4.69, 9.17) is 5.11 Å². The number of aromatic carboxylic acids is 1. The number of amides is 2. The van der Waals surface area contributed by atoms with E-state index in [0.717, 1.165) is 4.90 Å². The van der Waals surface area contributed by atoms with E-state index in [-0.39, 0.29) is 5.56 Å². The molecule has 2 rings (SSSR count). The van der Waals surface area contributed by atoms with Gasteiger partial charge in [-0.15, -0.1) is 11.8 Å². The number of nitrogens with one attached hydrogen (secondary N) is 2. The lowest BCUT2D eigenvalue weighted by Crippen LogP contribution is -2.19. The van der Waals surface area contributed by atoms with Crippen LogP contribution in [0.1, 0.15) is 10.4 Å². The van der Waals surface area contributed by atoms with Crippen LogP contribution in [0.15, 0.2) is 47.6 Å². The molecule has 0 spiro atoms. The van der Waals surface area contributed by atoms with Crippen LogP contribution in [0.4, 0.5) is 16.2 Å². The van der Waals surface area contributed by atoms with Crippen molar-refractivity contribution in [1.82, 2.24) is 4.98 Å². The number of hydrogen-bond donors (Lipinski definition) is 3. The molecule has 7 heteroatoms. The number of carboxylic acids is 1. The highest BCUT2D eigenvalue weighted by molar-refractivity contribution is 7.98. The monoisotopic (exact) mass is 303 g/mol. The van der Waals surface area contributed by atoms with Crippen LogP contribution in [0.3, 0.4) is 0 Å². The van der Waals surface area contributed by atoms with Crippen LogP contribution in [0.2, 0.25) is 0 Å². The maximum atomic E-state index is 11.9. The third-order valence-electron chi connectivity index (χ3n) is 2.57. The summed E-state index contributed by atoms with van der Waals surface area (Å²) in [5, 5.41) is 14.1. The Morgan fingerprint density at radius 3 is 2.62 bits per heavy atom. The Morgan fingerprint density at radius 2 is 1.90 bits per heavy atom. The van der Waals surface area contributed by atoms with Gasteiger partial charge >= 0.3 is 12.0 Å². The zero-order valence-electron chi connectivity index (χ0n) is 11.2. The van der Waals surface area contributed by atoms with Crippen molar-refractivity contribution in [2.45, 2.75) is 4.90 Å². The molecule has 0 saturated heterocycles. The minimum atomic E-state index is -1.10. The lowest BCUT2D eigenvalue weighted by atomic mass is 10.2. The highest BCUT2D eigenvalue weighted by Gasteiger charge is 2.07. The average Bonchev–Trinajstić information content (AvgIpc) is 2.47. The molecule has 0 aliphatic heterocycles. The van der Waals surface area contributed by atoms with Gasteiger partial charge in [0.05, 0.1) is 17.4 Å². The highest BCUT2D eigenvalue weighted by atomic mass is 32.2. The second-order valence-electron chi connectivity index (χ2n) is 4.08. The Kier molecular flexibility index (Phi) is 4.78. The van der Waals surface area contributed by atoms with Crippen LogP contribution >= 0.6 is 11.8 Å². The highest BCUT2D eigenvalue weighted by Crippen LogP contribution is 2.19. The molecular formula is C14H13N3O3S. The van der Waals surface area contributed by atoms with Gasteiger partial charge in [0.2, 0.25) is 0 Å². The maximum absolute atomic E-state index is 11.9. The Morgan fingerprint density at radius 1 is 1.14 bits per heavy atom. The molecule has 1 aromatic carbocycles. The number of nitrogens with zero attached hydrogens (tertiary/aromatic N) is 1. The van der Waals surface area contributed by atoms with Crippen LogP contribution < -0.4 is 10.6 Å². The second-order valence-corrected chi connectivity index (χ2v) is 4.96. The van der Waals surface area contributed by atoms with E-state index in [0.29, 0.717) is 11.4 Å². The summed E-state index contributed by atoms with van der Waals surface area (Å²) >= 11 is 1.57. The fraction of sp³-hybridized carbons (Fsp3) is 0.0714. The van der Waals surface area contributed by atoms with Gasteiger partial charge in [0.1, 0.15) is 0 Å².